The van der Waals surface area contributed by atoms with Gasteiger partial charge in [-0.3, -0.25) is 4.79 Å². The standard InChI is InChI=1S/C17H23N5OS2/c1-4-10-24-17-19-21(9-8-20(2)3)16-18-14-13(15(23)22(16)17)11-6-5-7-12(11)25-14/h4-10H2,1-3H3. The highest BCUT2D eigenvalue weighted by molar-refractivity contribution is 7.99. The molecule has 25 heavy (non-hydrogen) atoms. The normalized spacial score (nSPS) is 14.2. The van der Waals surface area contributed by atoms with Crippen LogP contribution in [0.2, 0.25) is 0 Å². The van der Waals surface area contributed by atoms with E-state index in [0.717, 1.165) is 59.9 Å². The smallest absolute Gasteiger partial charge is 0.270 e. The number of hydrogen-bond acceptors (Lipinski definition) is 6. The molecule has 0 saturated carbocycles. The third-order valence-electron chi connectivity index (χ3n) is 4.54. The van der Waals surface area contributed by atoms with Crippen molar-refractivity contribution in [2.24, 2.45) is 0 Å². The molecular weight excluding hydrogens is 354 g/mol. The van der Waals surface area contributed by atoms with Gasteiger partial charge in [0.25, 0.3) is 5.56 Å². The molecule has 0 N–H and O–H groups in total. The Morgan fingerprint density at radius 3 is 2.92 bits per heavy atom. The molecule has 0 spiro atoms. The number of fused-ring (bicyclic) bond motifs is 4. The zero-order valence-corrected chi connectivity index (χ0v) is 16.5. The van der Waals surface area contributed by atoms with E-state index in [4.69, 9.17) is 10.1 Å². The number of aryl methyl sites for hydroxylation is 2. The molecule has 0 unspecified atom stereocenters. The van der Waals surface area contributed by atoms with Gasteiger partial charge in [0, 0.05) is 17.2 Å². The monoisotopic (exact) mass is 377 g/mol. The van der Waals surface area contributed by atoms with Gasteiger partial charge in [-0.15, -0.1) is 16.4 Å². The fraction of sp³-hybridized carbons (Fsp3) is 0.588. The van der Waals surface area contributed by atoms with Crippen LogP contribution in [0.1, 0.15) is 30.2 Å². The molecule has 3 heterocycles. The summed E-state index contributed by atoms with van der Waals surface area (Å²) in [6.07, 6.45) is 4.29. The van der Waals surface area contributed by atoms with Crippen LogP contribution in [0, 0.1) is 0 Å². The van der Waals surface area contributed by atoms with E-state index >= 15 is 0 Å². The van der Waals surface area contributed by atoms with Gasteiger partial charge < -0.3 is 4.90 Å². The first-order valence-electron chi connectivity index (χ1n) is 8.81. The van der Waals surface area contributed by atoms with Crippen molar-refractivity contribution in [3.63, 3.8) is 0 Å². The Bertz CT molecular complexity index is 985. The Labute approximate surface area is 154 Å². The first-order valence-corrected chi connectivity index (χ1v) is 10.6. The molecular formula is C17H23N5OS2. The molecule has 0 amide bonds. The molecule has 0 aliphatic heterocycles. The summed E-state index contributed by atoms with van der Waals surface area (Å²) in [5, 5.41) is 6.32. The van der Waals surface area contributed by atoms with Crippen LogP contribution in [0.3, 0.4) is 0 Å². The molecule has 3 aromatic rings. The van der Waals surface area contributed by atoms with E-state index in [1.54, 1.807) is 27.5 Å². The summed E-state index contributed by atoms with van der Waals surface area (Å²) < 4.78 is 3.63. The summed E-state index contributed by atoms with van der Waals surface area (Å²) in [7, 11) is 4.08. The SMILES string of the molecule is CCCSc1nn(CCN(C)C)c2nc3sc4c(c3c(=O)n12)CCC4. The average molecular weight is 378 g/mol. The van der Waals surface area contributed by atoms with Crippen LogP contribution in [0.5, 0.6) is 0 Å². The van der Waals surface area contributed by atoms with Gasteiger partial charge in [-0.1, -0.05) is 18.7 Å². The number of rotatable bonds is 6. The number of thioether (sulfide) groups is 1. The van der Waals surface area contributed by atoms with Crippen molar-refractivity contribution < 1.29 is 0 Å². The lowest BCUT2D eigenvalue weighted by Crippen LogP contribution is -2.20. The van der Waals surface area contributed by atoms with Gasteiger partial charge in [-0.05, 0) is 45.3 Å². The number of likely N-dealkylation sites (N-methyl/N-ethyl adjacent to an activating group) is 1. The lowest BCUT2D eigenvalue weighted by atomic mass is 10.2. The van der Waals surface area contributed by atoms with Gasteiger partial charge in [-0.2, -0.15) is 0 Å². The van der Waals surface area contributed by atoms with Crippen LogP contribution in [0.15, 0.2) is 9.95 Å². The first-order chi connectivity index (χ1) is 12.1. The Morgan fingerprint density at radius 1 is 1.32 bits per heavy atom. The zero-order valence-electron chi connectivity index (χ0n) is 14.9. The molecule has 6 nitrogen and oxygen atoms in total. The van der Waals surface area contributed by atoms with Crippen LogP contribution in [-0.4, -0.2) is 50.5 Å². The molecule has 1 aliphatic carbocycles. The largest absolute Gasteiger partial charge is 0.308 e. The van der Waals surface area contributed by atoms with Crippen LogP contribution in [0.4, 0.5) is 0 Å². The maximum Gasteiger partial charge on any atom is 0.270 e. The number of hydrogen-bond donors (Lipinski definition) is 0. The first kappa shape index (κ1) is 17.1. The van der Waals surface area contributed by atoms with Gasteiger partial charge in [0.1, 0.15) is 4.83 Å². The second-order valence-corrected chi connectivity index (χ2v) is 8.89. The van der Waals surface area contributed by atoms with Crippen molar-refractivity contribution in [2.45, 2.75) is 44.3 Å². The molecule has 8 heteroatoms. The van der Waals surface area contributed by atoms with Crippen molar-refractivity contribution in [1.82, 2.24) is 24.1 Å². The summed E-state index contributed by atoms with van der Waals surface area (Å²) in [5.41, 5.74) is 1.30. The van der Waals surface area contributed by atoms with Crippen LogP contribution >= 0.6 is 23.1 Å². The van der Waals surface area contributed by atoms with Crippen LogP contribution in [0.25, 0.3) is 16.0 Å². The second kappa shape index (κ2) is 6.74. The minimum atomic E-state index is 0.0640. The minimum Gasteiger partial charge on any atom is -0.308 e. The maximum atomic E-state index is 13.3. The Hall–Kier alpha value is -1.38. The van der Waals surface area contributed by atoms with Crippen molar-refractivity contribution in [3.05, 3.63) is 20.8 Å². The van der Waals surface area contributed by atoms with Crippen LogP contribution in [-0.2, 0) is 19.4 Å². The van der Waals surface area contributed by atoms with Gasteiger partial charge >= 0.3 is 0 Å². The van der Waals surface area contributed by atoms with Crippen molar-refractivity contribution in [1.29, 1.82) is 0 Å². The Balaban J connectivity index is 1.93. The van der Waals surface area contributed by atoms with E-state index in [2.05, 4.69) is 11.8 Å². The second-order valence-electron chi connectivity index (χ2n) is 6.75. The van der Waals surface area contributed by atoms with Gasteiger partial charge in [-0.25, -0.2) is 14.1 Å². The molecule has 0 bridgehead atoms. The lowest BCUT2D eigenvalue weighted by Gasteiger charge is -2.08. The average Bonchev–Trinajstić information content (AvgIpc) is 3.23. The van der Waals surface area contributed by atoms with Crippen molar-refractivity contribution in [2.75, 3.05) is 26.4 Å². The highest BCUT2D eigenvalue weighted by Crippen LogP contribution is 2.35. The van der Waals surface area contributed by atoms with E-state index in [0.29, 0.717) is 5.78 Å². The fourth-order valence-electron chi connectivity index (χ4n) is 3.30. The molecule has 134 valence electrons. The summed E-state index contributed by atoms with van der Waals surface area (Å²) in [6, 6.07) is 0. The lowest BCUT2D eigenvalue weighted by molar-refractivity contribution is 0.374. The van der Waals surface area contributed by atoms with E-state index in [1.165, 1.54) is 10.4 Å². The van der Waals surface area contributed by atoms with E-state index < -0.39 is 0 Å². The number of aromatic nitrogens is 4. The summed E-state index contributed by atoms with van der Waals surface area (Å²) in [5.74, 6) is 1.63. The molecule has 0 aromatic carbocycles. The van der Waals surface area contributed by atoms with E-state index in [9.17, 15) is 4.79 Å². The predicted molar refractivity (Wildman–Crippen MR) is 104 cm³/mol. The third kappa shape index (κ3) is 2.90. The molecule has 0 saturated heterocycles. The zero-order chi connectivity index (χ0) is 17.6. The van der Waals surface area contributed by atoms with Crippen LogP contribution < -0.4 is 5.56 Å². The van der Waals surface area contributed by atoms with E-state index in [-0.39, 0.29) is 5.56 Å². The molecule has 4 rings (SSSR count). The third-order valence-corrected chi connectivity index (χ3v) is 6.86. The van der Waals surface area contributed by atoms with Gasteiger partial charge in [0.2, 0.25) is 5.78 Å². The topological polar surface area (TPSA) is 55.4 Å². The summed E-state index contributed by atoms with van der Waals surface area (Å²) >= 11 is 3.34. The highest BCUT2D eigenvalue weighted by atomic mass is 32.2. The van der Waals surface area contributed by atoms with Crippen molar-refractivity contribution >= 4 is 39.1 Å². The summed E-state index contributed by atoms with van der Waals surface area (Å²) in [6.45, 7) is 3.74. The molecule has 0 fully saturated rings. The quantitative estimate of drug-likeness (QED) is 0.618. The summed E-state index contributed by atoms with van der Waals surface area (Å²) in [4.78, 5) is 22.5. The van der Waals surface area contributed by atoms with Crippen molar-refractivity contribution in [3.8, 4) is 0 Å². The maximum absolute atomic E-state index is 13.3. The van der Waals surface area contributed by atoms with Gasteiger partial charge in [0.15, 0.2) is 5.16 Å². The van der Waals surface area contributed by atoms with E-state index in [1.807, 2.05) is 18.8 Å². The molecule has 0 atom stereocenters. The molecule has 3 aromatic heterocycles. The number of nitrogens with zero attached hydrogens (tertiary/aromatic N) is 5. The minimum absolute atomic E-state index is 0.0640. The fourth-order valence-corrected chi connectivity index (χ4v) is 5.39. The predicted octanol–water partition coefficient (Wildman–Crippen LogP) is 2.66. The molecule has 1 aliphatic rings. The van der Waals surface area contributed by atoms with Gasteiger partial charge in [0.05, 0.1) is 11.9 Å². The Morgan fingerprint density at radius 2 is 2.16 bits per heavy atom. The molecule has 0 radical (unpaired) electrons. The number of thiophene rings is 1. The highest BCUT2D eigenvalue weighted by Gasteiger charge is 2.24. The Kier molecular flexibility index (Phi) is 4.59.